The molecule has 3 rings (SSSR count). The van der Waals surface area contributed by atoms with Crippen molar-refractivity contribution >= 4 is 28.5 Å². The van der Waals surface area contributed by atoms with Crippen molar-refractivity contribution < 1.29 is 9.66 Å². The van der Waals surface area contributed by atoms with Gasteiger partial charge in [-0.3, -0.25) is 10.1 Å². The highest BCUT2D eigenvalue weighted by atomic mass is 32.2. The molecule has 0 fully saturated rings. The quantitative estimate of drug-likeness (QED) is 0.370. The van der Waals surface area contributed by atoms with Gasteiger partial charge in [0.15, 0.2) is 5.16 Å². The number of aromatic nitrogens is 2. The van der Waals surface area contributed by atoms with Gasteiger partial charge in [-0.05, 0) is 17.7 Å². The van der Waals surface area contributed by atoms with Crippen molar-refractivity contribution in [1.82, 2.24) is 9.55 Å². The molecule has 0 spiro atoms. The minimum atomic E-state index is -0.373. The molecule has 0 unspecified atom stereocenters. The molecule has 0 aliphatic carbocycles. The SMILES string of the molecule is COCCn1c(SCc2cccc([N+](=O)[O-])c2)nc2ccccc21. The molecule has 0 amide bonds. The van der Waals surface area contributed by atoms with Crippen LogP contribution in [-0.2, 0) is 17.0 Å². The lowest BCUT2D eigenvalue weighted by Crippen LogP contribution is -2.05. The van der Waals surface area contributed by atoms with Crippen LogP contribution in [0.4, 0.5) is 5.69 Å². The van der Waals surface area contributed by atoms with E-state index in [1.54, 1.807) is 31.0 Å². The molecule has 0 atom stereocenters. The van der Waals surface area contributed by atoms with Crippen LogP contribution in [0.3, 0.4) is 0 Å². The Morgan fingerprint density at radius 3 is 2.88 bits per heavy atom. The highest BCUT2D eigenvalue weighted by Crippen LogP contribution is 2.27. The van der Waals surface area contributed by atoms with Gasteiger partial charge in [0.2, 0.25) is 0 Å². The maximum atomic E-state index is 10.9. The number of thioether (sulfide) groups is 1. The van der Waals surface area contributed by atoms with Gasteiger partial charge >= 0.3 is 0 Å². The Labute approximate surface area is 143 Å². The molecule has 2 aromatic carbocycles. The average molecular weight is 343 g/mol. The first-order valence-corrected chi connectivity index (χ1v) is 8.48. The van der Waals surface area contributed by atoms with Gasteiger partial charge in [0.25, 0.3) is 5.69 Å². The summed E-state index contributed by atoms with van der Waals surface area (Å²) in [6.07, 6.45) is 0. The number of nitro groups is 1. The number of para-hydroxylation sites is 2. The number of benzene rings is 2. The normalized spacial score (nSPS) is 11.0. The summed E-state index contributed by atoms with van der Waals surface area (Å²) in [6.45, 7) is 1.32. The second-order valence-electron chi connectivity index (χ2n) is 5.24. The lowest BCUT2D eigenvalue weighted by Gasteiger charge is -2.08. The predicted molar refractivity (Wildman–Crippen MR) is 94.3 cm³/mol. The molecule has 1 aromatic heterocycles. The van der Waals surface area contributed by atoms with Crippen LogP contribution in [0, 0.1) is 10.1 Å². The number of rotatable bonds is 7. The summed E-state index contributed by atoms with van der Waals surface area (Å²) in [5.41, 5.74) is 3.02. The largest absolute Gasteiger partial charge is 0.383 e. The second kappa shape index (κ2) is 7.46. The molecule has 0 radical (unpaired) electrons. The van der Waals surface area contributed by atoms with Gasteiger partial charge in [0, 0.05) is 31.5 Å². The number of hydrogen-bond acceptors (Lipinski definition) is 5. The first kappa shape index (κ1) is 16.5. The van der Waals surface area contributed by atoms with Gasteiger partial charge in [-0.1, -0.05) is 36.0 Å². The van der Waals surface area contributed by atoms with E-state index in [9.17, 15) is 10.1 Å². The molecule has 0 aliphatic rings. The fourth-order valence-electron chi connectivity index (χ4n) is 2.47. The molecule has 0 aliphatic heterocycles. The van der Waals surface area contributed by atoms with E-state index in [-0.39, 0.29) is 10.6 Å². The first-order valence-electron chi connectivity index (χ1n) is 7.49. The highest BCUT2D eigenvalue weighted by Gasteiger charge is 2.12. The van der Waals surface area contributed by atoms with Gasteiger partial charge in [-0.2, -0.15) is 0 Å². The number of methoxy groups -OCH3 is 1. The van der Waals surface area contributed by atoms with E-state index in [4.69, 9.17) is 4.74 Å². The van der Waals surface area contributed by atoms with Crippen molar-refractivity contribution in [2.24, 2.45) is 0 Å². The number of fused-ring (bicyclic) bond motifs is 1. The zero-order valence-corrected chi connectivity index (χ0v) is 14.0. The molecule has 3 aromatic rings. The summed E-state index contributed by atoms with van der Waals surface area (Å²) >= 11 is 1.57. The standard InChI is InChI=1S/C17H17N3O3S/c1-23-10-9-19-16-8-3-2-7-15(16)18-17(19)24-12-13-5-4-6-14(11-13)20(21)22/h2-8,11H,9-10,12H2,1H3. The smallest absolute Gasteiger partial charge is 0.269 e. The topological polar surface area (TPSA) is 70.2 Å². The molecule has 0 N–H and O–H groups in total. The minimum Gasteiger partial charge on any atom is -0.383 e. The molecule has 7 heteroatoms. The van der Waals surface area contributed by atoms with Crippen molar-refractivity contribution in [3.63, 3.8) is 0 Å². The second-order valence-corrected chi connectivity index (χ2v) is 6.19. The van der Waals surface area contributed by atoms with E-state index in [2.05, 4.69) is 9.55 Å². The van der Waals surface area contributed by atoms with E-state index in [0.717, 1.165) is 21.8 Å². The van der Waals surface area contributed by atoms with Crippen LogP contribution in [-0.4, -0.2) is 28.2 Å². The fourth-order valence-corrected chi connectivity index (χ4v) is 3.45. The van der Waals surface area contributed by atoms with Crippen molar-refractivity contribution in [1.29, 1.82) is 0 Å². The Bertz CT molecular complexity index is 863. The molecule has 6 nitrogen and oxygen atoms in total. The summed E-state index contributed by atoms with van der Waals surface area (Å²) in [7, 11) is 1.68. The monoisotopic (exact) mass is 343 g/mol. The Kier molecular flexibility index (Phi) is 5.12. The third kappa shape index (κ3) is 3.58. The molecule has 1 heterocycles. The van der Waals surface area contributed by atoms with Gasteiger partial charge in [-0.25, -0.2) is 4.98 Å². The number of hydrogen-bond donors (Lipinski definition) is 0. The van der Waals surface area contributed by atoms with Crippen LogP contribution in [0.15, 0.2) is 53.7 Å². The molecule has 24 heavy (non-hydrogen) atoms. The summed E-state index contributed by atoms with van der Waals surface area (Å²) in [5.74, 6) is 0.623. The lowest BCUT2D eigenvalue weighted by atomic mass is 10.2. The molecule has 0 bridgehead atoms. The number of imidazole rings is 1. The summed E-state index contributed by atoms with van der Waals surface area (Å²) in [5, 5.41) is 11.8. The molecular weight excluding hydrogens is 326 g/mol. The van der Waals surface area contributed by atoms with Crippen LogP contribution in [0.1, 0.15) is 5.56 Å². The van der Waals surface area contributed by atoms with Crippen LogP contribution in [0.2, 0.25) is 0 Å². The molecule has 124 valence electrons. The zero-order valence-electron chi connectivity index (χ0n) is 13.2. The average Bonchev–Trinajstić information content (AvgIpc) is 2.96. The van der Waals surface area contributed by atoms with Gasteiger partial charge in [0.1, 0.15) is 0 Å². The van der Waals surface area contributed by atoms with E-state index in [1.807, 2.05) is 30.3 Å². The third-order valence-corrected chi connectivity index (χ3v) is 4.68. The molecular formula is C17H17N3O3S. The Hall–Kier alpha value is -2.38. The van der Waals surface area contributed by atoms with E-state index in [0.29, 0.717) is 18.9 Å². The van der Waals surface area contributed by atoms with E-state index >= 15 is 0 Å². The Balaban J connectivity index is 1.84. The number of nitrogens with zero attached hydrogens (tertiary/aromatic N) is 3. The highest BCUT2D eigenvalue weighted by molar-refractivity contribution is 7.98. The molecule has 0 saturated heterocycles. The molecule has 0 saturated carbocycles. The first-order chi connectivity index (χ1) is 11.7. The summed E-state index contributed by atoms with van der Waals surface area (Å²) in [4.78, 5) is 15.2. The van der Waals surface area contributed by atoms with Crippen molar-refractivity contribution in [3.8, 4) is 0 Å². The maximum Gasteiger partial charge on any atom is 0.269 e. The van der Waals surface area contributed by atoms with Crippen molar-refractivity contribution in [2.45, 2.75) is 17.5 Å². The van der Waals surface area contributed by atoms with Crippen LogP contribution in [0.25, 0.3) is 11.0 Å². The maximum absolute atomic E-state index is 10.9. The van der Waals surface area contributed by atoms with E-state index < -0.39 is 0 Å². The zero-order chi connectivity index (χ0) is 16.9. The summed E-state index contributed by atoms with van der Waals surface area (Å²) in [6, 6.07) is 14.7. The lowest BCUT2D eigenvalue weighted by molar-refractivity contribution is -0.384. The van der Waals surface area contributed by atoms with Gasteiger partial charge in [-0.15, -0.1) is 0 Å². The summed E-state index contributed by atoms with van der Waals surface area (Å²) < 4.78 is 7.32. The van der Waals surface area contributed by atoms with Gasteiger partial charge in [0.05, 0.1) is 22.6 Å². The predicted octanol–water partition coefficient (Wildman–Crippen LogP) is 3.88. The van der Waals surface area contributed by atoms with Crippen molar-refractivity contribution in [3.05, 3.63) is 64.2 Å². The fraction of sp³-hybridized carbons (Fsp3) is 0.235. The Morgan fingerprint density at radius 1 is 1.25 bits per heavy atom. The van der Waals surface area contributed by atoms with Crippen LogP contribution >= 0.6 is 11.8 Å². The number of nitro benzene ring substituents is 1. The van der Waals surface area contributed by atoms with Gasteiger partial charge < -0.3 is 9.30 Å². The number of non-ortho nitro benzene ring substituents is 1. The van der Waals surface area contributed by atoms with Crippen LogP contribution < -0.4 is 0 Å². The van der Waals surface area contributed by atoms with Crippen molar-refractivity contribution in [2.75, 3.05) is 13.7 Å². The Morgan fingerprint density at radius 2 is 2.08 bits per heavy atom. The number of ether oxygens (including phenoxy) is 1. The minimum absolute atomic E-state index is 0.112. The van der Waals surface area contributed by atoms with Crippen LogP contribution in [0.5, 0.6) is 0 Å². The van der Waals surface area contributed by atoms with E-state index in [1.165, 1.54) is 6.07 Å². The third-order valence-electron chi connectivity index (χ3n) is 3.63.